The molecule has 0 spiro atoms. The molecule has 0 aromatic carbocycles. The molecule has 0 amide bonds. The number of nitrogens with zero attached hydrogens (tertiary/aromatic N) is 3. The van der Waals surface area contributed by atoms with Crippen molar-refractivity contribution >= 4 is 11.8 Å². The Balaban J connectivity index is 1.99. The third kappa shape index (κ3) is 7.92. The van der Waals surface area contributed by atoms with Crippen LogP contribution in [0, 0.1) is 23.2 Å². The van der Waals surface area contributed by atoms with Crippen LogP contribution in [0.2, 0.25) is 0 Å². The zero-order valence-electron chi connectivity index (χ0n) is 28.1. The van der Waals surface area contributed by atoms with Crippen LogP contribution in [0.4, 0.5) is 0 Å². The fourth-order valence-electron chi connectivity index (χ4n) is 7.58. The van der Waals surface area contributed by atoms with Gasteiger partial charge in [-0.25, -0.2) is 0 Å². The van der Waals surface area contributed by atoms with Crippen LogP contribution in [-0.2, 0) is 28.5 Å². The molecule has 42 heavy (non-hydrogen) atoms. The normalized spacial score (nSPS) is 42.0. The van der Waals surface area contributed by atoms with Crippen LogP contribution in [0.15, 0.2) is 0 Å². The van der Waals surface area contributed by atoms with Crippen LogP contribution in [0.25, 0.3) is 0 Å². The predicted octanol–water partition coefficient (Wildman–Crippen LogP) is 2.66. The molecule has 3 heterocycles. The van der Waals surface area contributed by atoms with E-state index in [1.54, 1.807) is 27.9 Å². The van der Waals surface area contributed by atoms with Crippen molar-refractivity contribution in [3.8, 4) is 0 Å². The van der Waals surface area contributed by atoms with Gasteiger partial charge >= 0.3 is 5.97 Å². The zero-order chi connectivity index (χ0) is 31.6. The van der Waals surface area contributed by atoms with Gasteiger partial charge in [0.2, 0.25) is 0 Å². The minimum atomic E-state index is -1.40. The van der Waals surface area contributed by atoms with Crippen molar-refractivity contribution in [2.45, 2.75) is 110 Å². The number of likely N-dealkylation sites (N-methyl/N-ethyl adjacent to an activating group) is 2. The highest BCUT2D eigenvalue weighted by molar-refractivity contribution is 6.04. The number of ketones is 1. The molecule has 3 rings (SSSR count). The lowest BCUT2D eigenvalue weighted by Crippen LogP contribution is -2.59. The molecule has 244 valence electrons. The summed E-state index contributed by atoms with van der Waals surface area (Å²) in [6, 6.07) is -0.123. The molecule has 3 aliphatic rings. The van der Waals surface area contributed by atoms with E-state index in [0.717, 1.165) is 32.5 Å². The number of carbonyl (C=O) groups excluding carboxylic acids is 2. The third-order valence-corrected chi connectivity index (χ3v) is 10.1. The largest absolute Gasteiger partial charge is 0.463 e. The van der Waals surface area contributed by atoms with Crippen LogP contribution in [-0.4, -0.2) is 135 Å². The predicted molar refractivity (Wildman–Crippen MR) is 162 cm³/mol. The number of aliphatic hydroxyl groups excluding tert-OH is 1. The Morgan fingerprint density at radius 2 is 1.74 bits per heavy atom. The van der Waals surface area contributed by atoms with Gasteiger partial charge in [0.05, 0.1) is 17.8 Å². The first kappa shape index (κ1) is 35.3. The summed E-state index contributed by atoms with van der Waals surface area (Å²) in [5, 5.41) is 11.3. The second kappa shape index (κ2) is 14.3. The summed E-state index contributed by atoms with van der Waals surface area (Å²) in [4.78, 5) is 34.4. The molecule has 0 unspecified atom stereocenters. The number of esters is 1. The summed E-state index contributed by atoms with van der Waals surface area (Å²) in [6.07, 6.45) is 0.660. The Kier molecular flexibility index (Phi) is 12.0. The number of hydrogen-bond acceptors (Lipinski definition) is 10. The van der Waals surface area contributed by atoms with Gasteiger partial charge < -0.3 is 33.9 Å². The van der Waals surface area contributed by atoms with E-state index in [4.69, 9.17) is 18.9 Å². The smallest absolute Gasteiger partial charge is 0.319 e. The van der Waals surface area contributed by atoms with Crippen LogP contribution in [0.5, 0.6) is 0 Å². The minimum absolute atomic E-state index is 0.0410. The highest BCUT2D eigenvalue weighted by Crippen LogP contribution is 2.38. The lowest BCUT2D eigenvalue weighted by atomic mass is 9.74. The van der Waals surface area contributed by atoms with Gasteiger partial charge in [0, 0.05) is 38.2 Å². The molecule has 1 N–H and O–H groups in total. The van der Waals surface area contributed by atoms with Crippen molar-refractivity contribution in [2.75, 3.05) is 61.5 Å². The number of carbonyl (C=O) groups is 2. The van der Waals surface area contributed by atoms with Crippen LogP contribution in [0.1, 0.15) is 67.2 Å². The molecule has 3 saturated heterocycles. The van der Waals surface area contributed by atoms with Crippen molar-refractivity contribution in [1.82, 2.24) is 14.7 Å². The van der Waals surface area contributed by atoms with Crippen molar-refractivity contribution in [3.63, 3.8) is 0 Å². The van der Waals surface area contributed by atoms with Gasteiger partial charge in [0.25, 0.3) is 0 Å². The van der Waals surface area contributed by atoms with Crippen LogP contribution >= 0.6 is 0 Å². The van der Waals surface area contributed by atoms with Gasteiger partial charge in [-0.3, -0.25) is 14.5 Å². The highest BCUT2D eigenvalue weighted by atomic mass is 16.7. The van der Waals surface area contributed by atoms with E-state index in [2.05, 4.69) is 30.8 Å². The lowest BCUT2D eigenvalue weighted by Gasteiger charge is -2.47. The maximum atomic E-state index is 14.2. The molecular formula is C32H59N3O7. The number of piperidine rings is 1. The Morgan fingerprint density at radius 3 is 2.33 bits per heavy atom. The summed E-state index contributed by atoms with van der Waals surface area (Å²) in [6.45, 7) is 14.2. The molecule has 0 aromatic rings. The number of aliphatic hydroxyl groups is 1. The quantitative estimate of drug-likeness (QED) is 0.376. The Morgan fingerprint density at radius 1 is 1.07 bits per heavy atom. The van der Waals surface area contributed by atoms with Crippen molar-refractivity contribution in [2.24, 2.45) is 23.2 Å². The number of cyclic esters (lactones) is 1. The number of likely N-dealkylation sites (tertiary alicyclic amines) is 1. The first-order valence-electron chi connectivity index (χ1n) is 15.8. The molecule has 10 nitrogen and oxygen atoms in total. The van der Waals surface area contributed by atoms with Crippen LogP contribution in [0.3, 0.4) is 0 Å². The van der Waals surface area contributed by atoms with Gasteiger partial charge in [-0.1, -0.05) is 13.8 Å². The average Bonchev–Trinajstić information content (AvgIpc) is 2.91. The summed E-state index contributed by atoms with van der Waals surface area (Å²) < 4.78 is 25.0. The summed E-state index contributed by atoms with van der Waals surface area (Å²) in [7, 11) is 9.75. The van der Waals surface area contributed by atoms with E-state index < -0.39 is 41.4 Å². The molecule has 10 heteroatoms. The molecule has 0 radical (unpaired) electrons. The second-order valence-electron chi connectivity index (χ2n) is 14.5. The van der Waals surface area contributed by atoms with Gasteiger partial charge in [-0.05, 0) is 99.9 Å². The lowest BCUT2D eigenvalue weighted by molar-refractivity contribution is -0.295. The maximum Gasteiger partial charge on any atom is 0.319 e. The van der Waals surface area contributed by atoms with E-state index in [0.29, 0.717) is 18.8 Å². The van der Waals surface area contributed by atoms with Crippen molar-refractivity contribution in [3.05, 3.63) is 0 Å². The number of Topliss-reactive ketones (excluding diaryl/α,β-unsaturated/α-hetero) is 1. The second-order valence-corrected chi connectivity index (χ2v) is 14.5. The molecule has 0 bridgehead atoms. The molecule has 3 fully saturated rings. The summed E-state index contributed by atoms with van der Waals surface area (Å²) in [5.74, 6) is -1.01. The van der Waals surface area contributed by atoms with E-state index >= 15 is 0 Å². The van der Waals surface area contributed by atoms with Gasteiger partial charge in [-0.2, -0.15) is 0 Å². The first-order valence-corrected chi connectivity index (χ1v) is 15.8. The Hall–Kier alpha value is -1.14. The Labute approximate surface area is 254 Å². The number of hydrogen-bond donors (Lipinski definition) is 1. The fraction of sp³-hybridized carbons (Fsp3) is 0.938. The Bertz CT molecular complexity index is 917. The maximum absolute atomic E-state index is 14.2. The monoisotopic (exact) mass is 597 g/mol. The van der Waals surface area contributed by atoms with Crippen molar-refractivity contribution < 1.29 is 33.6 Å². The molecular weight excluding hydrogens is 538 g/mol. The number of ether oxygens (including phenoxy) is 4. The SMILES string of the molecule is CO[C@]1(C)C[C@@H](C)CN(C)[C@H]([C@@H]2CCCN(C)C2)COC(=O)C(C)(C)C(=O)[C@H](C)[C@H]1O[C@@H]1O[C@H](C)C[C@H](N(C)C)[C@H]1O. The highest BCUT2D eigenvalue weighted by Gasteiger charge is 2.51. The van der Waals surface area contributed by atoms with E-state index in [9.17, 15) is 14.7 Å². The summed E-state index contributed by atoms with van der Waals surface area (Å²) in [5.41, 5.74) is -2.30. The third-order valence-electron chi connectivity index (χ3n) is 10.1. The van der Waals surface area contributed by atoms with Gasteiger partial charge in [-0.15, -0.1) is 0 Å². The summed E-state index contributed by atoms with van der Waals surface area (Å²) >= 11 is 0. The van der Waals surface area contributed by atoms with Gasteiger partial charge in [0.15, 0.2) is 12.1 Å². The number of rotatable bonds is 5. The molecule has 0 aromatic heterocycles. The molecule has 10 atom stereocenters. The minimum Gasteiger partial charge on any atom is -0.463 e. The van der Waals surface area contributed by atoms with E-state index in [-0.39, 0.29) is 36.5 Å². The fourth-order valence-corrected chi connectivity index (χ4v) is 7.58. The first-order chi connectivity index (χ1) is 19.5. The molecule has 0 saturated carbocycles. The van der Waals surface area contributed by atoms with E-state index in [1.165, 1.54) is 0 Å². The zero-order valence-corrected chi connectivity index (χ0v) is 28.1. The standard InChI is InChI=1S/C32H59N3O7/c1-20-16-32(6,39-11)28(42-29-26(36)24(33(7)8)15-21(2)41-29)22(3)27(37)31(4,5)30(38)40-19-25(35(10)17-20)23-13-12-14-34(9)18-23/h20-26,28-29,36H,12-19H2,1-11H3/t20-,21-,22+,23-,24+,25+,26-,28-,29+,32-/m1/s1. The number of methoxy groups -OCH3 is 1. The van der Waals surface area contributed by atoms with Gasteiger partial charge in [0.1, 0.15) is 18.1 Å². The topological polar surface area (TPSA) is 101 Å². The van der Waals surface area contributed by atoms with Crippen molar-refractivity contribution in [1.29, 1.82) is 0 Å². The van der Waals surface area contributed by atoms with E-state index in [1.807, 2.05) is 32.8 Å². The van der Waals surface area contributed by atoms with Crippen LogP contribution < -0.4 is 0 Å². The molecule has 0 aliphatic carbocycles. The average molecular weight is 598 g/mol. The molecule has 3 aliphatic heterocycles.